The molecule has 18 heavy (non-hydrogen) atoms. The summed E-state index contributed by atoms with van der Waals surface area (Å²) in [4.78, 5) is 19.7. The van der Waals surface area contributed by atoms with Crippen molar-refractivity contribution < 1.29 is 24.9 Å². The molecule has 0 amide bonds. The summed E-state index contributed by atoms with van der Waals surface area (Å²) in [5.74, 6) is -1.39. The summed E-state index contributed by atoms with van der Waals surface area (Å²) in [6.07, 6.45) is 6.80. The van der Waals surface area contributed by atoms with Crippen molar-refractivity contribution in [2.75, 3.05) is 0 Å². The molecule has 0 aromatic carbocycles. The first-order valence-electron chi connectivity index (χ1n) is 6.60. The molecule has 3 N–H and O–H groups in total. The highest BCUT2D eigenvalue weighted by Crippen LogP contribution is 2.27. The molecule has 0 bridgehead atoms. The van der Waals surface area contributed by atoms with E-state index in [4.69, 9.17) is 15.3 Å². The number of carboxylic acid groups (broad SMARTS) is 2. The third-order valence-corrected chi connectivity index (χ3v) is 3.09. The molecular weight excluding hydrogens is 236 g/mol. The number of hydrogen-bond donors (Lipinski definition) is 3. The van der Waals surface area contributed by atoms with Crippen LogP contribution < -0.4 is 0 Å². The number of rotatable bonds is 6. The molecule has 1 fully saturated rings. The highest BCUT2D eigenvalue weighted by Gasteiger charge is 2.14. The number of hydrogen-bond acceptors (Lipinski definition) is 3. The Morgan fingerprint density at radius 1 is 1.22 bits per heavy atom. The van der Waals surface area contributed by atoms with Crippen LogP contribution in [-0.2, 0) is 9.59 Å². The van der Waals surface area contributed by atoms with E-state index in [0.717, 1.165) is 5.92 Å². The van der Waals surface area contributed by atoms with Gasteiger partial charge in [0, 0.05) is 6.42 Å². The van der Waals surface area contributed by atoms with Crippen LogP contribution >= 0.6 is 0 Å². The summed E-state index contributed by atoms with van der Waals surface area (Å²) >= 11 is 0. The Morgan fingerprint density at radius 2 is 1.78 bits per heavy atom. The SMILES string of the molecule is CCCC1CCCC1.O=C(O)CCC(O)C(=O)O. The Labute approximate surface area is 108 Å². The van der Waals surface area contributed by atoms with Gasteiger partial charge in [0.2, 0.25) is 0 Å². The molecule has 0 saturated heterocycles. The molecule has 106 valence electrons. The third kappa shape index (κ3) is 8.98. The van der Waals surface area contributed by atoms with E-state index < -0.39 is 18.0 Å². The molecule has 1 unspecified atom stereocenters. The second-order valence-corrected chi connectivity index (χ2v) is 4.73. The van der Waals surface area contributed by atoms with Gasteiger partial charge >= 0.3 is 11.9 Å². The van der Waals surface area contributed by atoms with E-state index in [0.29, 0.717) is 0 Å². The van der Waals surface area contributed by atoms with Crippen molar-refractivity contribution >= 4 is 11.9 Å². The number of aliphatic hydroxyl groups excluding tert-OH is 1. The number of carboxylic acids is 2. The van der Waals surface area contributed by atoms with Gasteiger partial charge in [0.15, 0.2) is 6.10 Å². The minimum atomic E-state index is -1.56. The van der Waals surface area contributed by atoms with E-state index in [1.54, 1.807) is 0 Å². The molecule has 5 heteroatoms. The van der Waals surface area contributed by atoms with Gasteiger partial charge in [0.25, 0.3) is 0 Å². The zero-order chi connectivity index (χ0) is 14.0. The first kappa shape index (κ1) is 16.9. The maximum atomic E-state index is 9.87. The third-order valence-electron chi connectivity index (χ3n) is 3.09. The fourth-order valence-corrected chi connectivity index (χ4v) is 2.09. The van der Waals surface area contributed by atoms with Gasteiger partial charge in [-0.3, -0.25) is 4.79 Å². The normalized spacial score (nSPS) is 16.8. The van der Waals surface area contributed by atoms with Crippen LogP contribution in [0.4, 0.5) is 0 Å². The maximum Gasteiger partial charge on any atom is 0.332 e. The average molecular weight is 260 g/mol. The number of aliphatic hydroxyl groups is 1. The lowest BCUT2D eigenvalue weighted by Gasteiger charge is -2.03. The number of aliphatic carboxylic acids is 2. The number of carbonyl (C=O) groups is 2. The van der Waals surface area contributed by atoms with Crippen molar-refractivity contribution in [3.8, 4) is 0 Å². The monoisotopic (exact) mass is 260 g/mol. The van der Waals surface area contributed by atoms with Crippen LogP contribution in [0.25, 0.3) is 0 Å². The zero-order valence-corrected chi connectivity index (χ0v) is 11.0. The zero-order valence-electron chi connectivity index (χ0n) is 11.0. The minimum Gasteiger partial charge on any atom is -0.481 e. The molecule has 0 spiro atoms. The van der Waals surface area contributed by atoms with Crippen LogP contribution in [0.3, 0.4) is 0 Å². The second kappa shape index (κ2) is 9.88. The van der Waals surface area contributed by atoms with Gasteiger partial charge in [-0.2, -0.15) is 0 Å². The summed E-state index contributed by atoms with van der Waals surface area (Å²) in [7, 11) is 0. The molecule has 0 aromatic heterocycles. The summed E-state index contributed by atoms with van der Waals surface area (Å²) in [6, 6.07) is 0. The molecule has 0 aromatic rings. The lowest BCUT2D eigenvalue weighted by Crippen LogP contribution is -2.20. The van der Waals surface area contributed by atoms with E-state index in [-0.39, 0.29) is 12.8 Å². The Balaban J connectivity index is 0.000000327. The van der Waals surface area contributed by atoms with Crippen LogP contribution in [0.15, 0.2) is 0 Å². The summed E-state index contributed by atoms with van der Waals surface area (Å²) in [5, 5.41) is 24.6. The molecule has 1 atom stereocenters. The molecule has 5 nitrogen and oxygen atoms in total. The van der Waals surface area contributed by atoms with E-state index in [1.807, 2.05) is 0 Å². The fraction of sp³-hybridized carbons (Fsp3) is 0.846. The molecule has 0 heterocycles. The maximum absolute atomic E-state index is 9.87. The molecular formula is C13H24O5. The quantitative estimate of drug-likeness (QED) is 0.681. The topological polar surface area (TPSA) is 94.8 Å². The first-order chi connectivity index (χ1) is 8.47. The van der Waals surface area contributed by atoms with E-state index in [1.165, 1.54) is 38.5 Å². The van der Waals surface area contributed by atoms with Crippen LogP contribution in [0.5, 0.6) is 0 Å². The van der Waals surface area contributed by atoms with E-state index in [9.17, 15) is 9.59 Å². The van der Waals surface area contributed by atoms with Gasteiger partial charge in [-0.1, -0.05) is 45.4 Å². The minimum absolute atomic E-state index is 0.245. The molecule has 0 radical (unpaired) electrons. The second-order valence-electron chi connectivity index (χ2n) is 4.73. The molecule has 1 aliphatic carbocycles. The average Bonchev–Trinajstić information content (AvgIpc) is 2.80. The van der Waals surface area contributed by atoms with Crippen LogP contribution in [0.1, 0.15) is 58.3 Å². The van der Waals surface area contributed by atoms with Crippen molar-refractivity contribution in [1.82, 2.24) is 0 Å². The highest BCUT2D eigenvalue weighted by atomic mass is 16.4. The van der Waals surface area contributed by atoms with Crippen molar-refractivity contribution in [2.24, 2.45) is 5.92 Å². The van der Waals surface area contributed by atoms with E-state index in [2.05, 4.69) is 6.92 Å². The Morgan fingerprint density at radius 3 is 2.17 bits per heavy atom. The predicted octanol–water partition coefficient (Wildman–Crippen LogP) is 2.27. The van der Waals surface area contributed by atoms with Crippen LogP contribution in [-0.4, -0.2) is 33.4 Å². The molecule has 1 aliphatic rings. The largest absolute Gasteiger partial charge is 0.481 e. The summed E-state index contributed by atoms with van der Waals surface area (Å²) in [6.45, 7) is 2.29. The molecule has 1 saturated carbocycles. The van der Waals surface area contributed by atoms with Gasteiger partial charge in [0.1, 0.15) is 0 Å². The van der Waals surface area contributed by atoms with Gasteiger partial charge in [0.05, 0.1) is 0 Å². The molecule has 0 aliphatic heterocycles. The Bertz CT molecular complexity index is 246. The van der Waals surface area contributed by atoms with Crippen LogP contribution in [0.2, 0.25) is 0 Å². The first-order valence-corrected chi connectivity index (χ1v) is 6.60. The molecule has 1 rings (SSSR count). The lowest BCUT2D eigenvalue weighted by molar-refractivity contribution is -0.147. The summed E-state index contributed by atoms with van der Waals surface area (Å²) < 4.78 is 0. The Kier molecular flexibility index (Phi) is 9.28. The van der Waals surface area contributed by atoms with Crippen molar-refractivity contribution in [3.05, 3.63) is 0 Å². The van der Waals surface area contributed by atoms with Gasteiger partial charge in [-0.25, -0.2) is 4.79 Å². The van der Waals surface area contributed by atoms with Gasteiger partial charge in [-0.05, 0) is 12.3 Å². The van der Waals surface area contributed by atoms with Crippen LogP contribution in [0, 0.1) is 5.92 Å². The standard InChI is InChI=1S/C8H16.C5H8O5/c1-2-5-8-6-3-4-7-8;6-3(5(9)10)1-2-4(7)8/h8H,2-7H2,1H3;3,6H,1-2H2,(H,7,8)(H,9,10). The highest BCUT2D eigenvalue weighted by molar-refractivity contribution is 5.73. The Hall–Kier alpha value is -1.10. The van der Waals surface area contributed by atoms with Crippen molar-refractivity contribution in [3.63, 3.8) is 0 Å². The van der Waals surface area contributed by atoms with Crippen molar-refractivity contribution in [1.29, 1.82) is 0 Å². The lowest BCUT2D eigenvalue weighted by atomic mass is 10.0. The van der Waals surface area contributed by atoms with Gasteiger partial charge < -0.3 is 15.3 Å². The van der Waals surface area contributed by atoms with Gasteiger partial charge in [-0.15, -0.1) is 0 Å². The summed E-state index contributed by atoms with van der Waals surface area (Å²) in [5.41, 5.74) is 0. The van der Waals surface area contributed by atoms with Crippen molar-refractivity contribution in [2.45, 2.75) is 64.4 Å². The fourth-order valence-electron chi connectivity index (χ4n) is 2.09. The predicted molar refractivity (Wildman–Crippen MR) is 67.4 cm³/mol. The smallest absolute Gasteiger partial charge is 0.332 e. The van der Waals surface area contributed by atoms with E-state index >= 15 is 0 Å².